The van der Waals surface area contributed by atoms with Gasteiger partial charge in [0.2, 0.25) is 0 Å². The molecule has 17 heavy (non-hydrogen) atoms. The maximum absolute atomic E-state index is 13.1. The largest absolute Gasteiger partial charge is 0.314 e. The second-order valence-electron chi connectivity index (χ2n) is 4.33. The highest BCUT2D eigenvalue weighted by Gasteiger charge is 2.08. The fourth-order valence-electron chi connectivity index (χ4n) is 1.86. The average Bonchev–Trinajstić information content (AvgIpc) is 2.33. The van der Waals surface area contributed by atoms with Gasteiger partial charge in [0.25, 0.3) is 0 Å². The molecule has 1 atom stereocenters. The van der Waals surface area contributed by atoms with E-state index in [-0.39, 0.29) is 5.82 Å². The Balaban J connectivity index is 2.50. The highest BCUT2D eigenvalue weighted by Crippen LogP contribution is 2.19. The lowest BCUT2D eigenvalue weighted by Crippen LogP contribution is -2.29. The third-order valence-corrected chi connectivity index (χ3v) is 3.31. The van der Waals surface area contributed by atoms with Crippen LogP contribution < -0.4 is 5.32 Å². The quantitative estimate of drug-likeness (QED) is 0.772. The normalized spacial score (nSPS) is 12.7. The van der Waals surface area contributed by atoms with Gasteiger partial charge in [0, 0.05) is 11.1 Å². The first-order valence-corrected chi connectivity index (χ1v) is 6.72. The van der Waals surface area contributed by atoms with Crippen molar-refractivity contribution in [2.24, 2.45) is 0 Å². The zero-order valence-electron chi connectivity index (χ0n) is 10.6. The number of nitrogens with one attached hydrogen (secondary N) is 1. The minimum absolute atomic E-state index is 0.209. The van der Waals surface area contributed by atoms with E-state index in [0.29, 0.717) is 11.1 Å². The molecule has 0 aliphatic rings. The van der Waals surface area contributed by atoms with E-state index in [1.807, 2.05) is 0 Å². The van der Waals surface area contributed by atoms with E-state index < -0.39 is 0 Å². The van der Waals surface area contributed by atoms with Crippen molar-refractivity contribution in [1.29, 1.82) is 0 Å². The van der Waals surface area contributed by atoms with Crippen molar-refractivity contribution in [2.45, 2.75) is 45.6 Å². The second kappa shape index (κ2) is 7.67. The molecule has 0 aliphatic heterocycles. The van der Waals surface area contributed by atoms with Gasteiger partial charge in [-0.15, -0.1) is 0 Å². The first-order valence-electron chi connectivity index (χ1n) is 6.34. The van der Waals surface area contributed by atoms with Gasteiger partial charge >= 0.3 is 0 Å². The van der Waals surface area contributed by atoms with Gasteiger partial charge in [-0.3, -0.25) is 0 Å². The molecule has 0 saturated heterocycles. The van der Waals surface area contributed by atoms with Crippen LogP contribution in [0.1, 0.15) is 38.7 Å². The zero-order valence-corrected chi connectivity index (χ0v) is 11.4. The molecule has 1 nitrogen and oxygen atoms in total. The summed E-state index contributed by atoms with van der Waals surface area (Å²) < 4.78 is 13.1. The van der Waals surface area contributed by atoms with Crippen LogP contribution in [0, 0.1) is 5.82 Å². The van der Waals surface area contributed by atoms with Gasteiger partial charge in [0.1, 0.15) is 5.82 Å². The maximum Gasteiger partial charge on any atom is 0.123 e. The topological polar surface area (TPSA) is 12.0 Å². The Morgan fingerprint density at radius 3 is 2.76 bits per heavy atom. The fourth-order valence-corrected chi connectivity index (χ4v) is 2.08. The summed E-state index contributed by atoms with van der Waals surface area (Å²) in [7, 11) is 0. The summed E-state index contributed by atoms with van der Waals surface area (Å²) in [6.07, 6.45) is 4.05. The minimum Gasteiger partial charge on any atom is -0.314 e. The molecular formula is C14H21ClFN. The lowest BCUT2D eigenvalue weighted by atomic mass is 10.0. The summed E-state index contributed by atoms with van der Waals surface area (Å²) >= 11 is 6.04. The maximum atomic E-state index is 13.1. The van der Waals surface area contributed by atoms with Crippen molar-refractivity contribution < 1.29 is 4.39 Å². The van der Waals surface area contributed by atoms with Crippen molar-refractivity contribution in [3.8, 4) is 0 Å². The highest BCUT2D eigenvalue weighted by molar-refractivity contribution is 6.31. The number of aryl methyl sites for hydroxylation is 1. The molecule has 0 radical (unpaired) electrons. The van der Waals surface area contributed by atoms with Gasteiger partial charge < -0.3 is 5.32 Å². The first kappa shape index (κ1) is 14.5. The molecule has 0 amide bonds. The number of benzene rings is 1. The molecule has 0 fully saturated rings. The van der Waals surface area contributed by atoms with Crippen LogP contribution in [0.25, 0.3) is 0 Å². The van der Waals surface area contributed by atoms with Crippen LogP contribution in [0.15, 0.2) is 18.2 Å². The molecule has 0 bridgehead atoms. The van der Waals surface area contributed by atoms with E-state index in [2.05, 4.69) is 19.2 Å². The lowest BCUT2D eigenvalue weighted by Gasteiger charge is -2.16. The van der Waals surface area contributed by atoms with Crippen LogP contribution in [-0.4, -0.2) is 12.6 Å². The second-order valence-corrected chi connectivity index (χ2v) is 4.74. The van der Waals surface area contributed by atoms with Crippen molar-refractivity contribution >= 4 is 11.6 Å². The number of hydrogen-bond acceptors (Lipinski definition) is 1. The Bertz CT molecular complexity index is 341. The SMILES string of the molecule is CCCNC(CC)CCc1cc(F)ccc1Cl. The molecular weight excluding hydrogens is 237 g/mol. The third-order valence-electron chi connectivity index (χ3n) is 2.95. The van der Waals surface area contributed by atoms with E-state index in [4.69, 9.17) is 11.6 Å². The van der Waals surface area contributed by atoms with Crippen molar-refractivity contribution in [1.82, 2.24) is 5.32 Å². The number of hydrogen-bond donors (Lipinski definition) is 1. The highest BCUT2D eigenvalue weighted by atomic mass is 35.5. The van der Waals surface area contributed by atoms with Gasteiger partial charge in [-0.05, 0) is 56.0 Å². The summed E-state index contributed by atoms with van der Waals surface area (Å²) in [5.74, 6) is -0.209. The van der Waals surface area contributed by atoms with Gasteiger partial charge in [-0.2, -0.15) is 0 Å². The van der Waals surface area contributed by atoms with Crippen molar-refractivity contribution in [3.05, 3.63) is 34.6 Å². The standard InChI is InChI=1S/C14H21ClFN/c1-3-9-17-13(4-2)7-5-11-10-12(16)6-8-14(11)15/h6,8,10,13,17H,3-5,7,9H2,1-2H3. The minimum atomic E-state index is -0.209. The summed E-state index contributed by atoms with van der Waals surface area (Å²) in [5, 5.41) is 4.15. The van der Waals surface area contributed by atoms with Gasteiger partial charge in [0.05, 0.1) is 0 Å². The monoisotopic (exact) mass is 257 g/mol. The molecule has 0 saturated carbocycles. The molecule has 1 rings (SSSR count). The number of halogens is 2. The van der Waals surface area contributed by atoms with E-state index in [1.165, 1.54) is 12.1 Å². The lowest BCUT2D eigenvalue weighted by molar-refractivity contribution is 0.468. The average molecular weight is 258 g/mol. The summed E-state index contributed by atoms with van der Waals surface area (Å²) in [5.41, 5.74) is 0.906. The first-order chi connectivity index (χ1) is 8.17. The van der Waals surface area contributed by atoms with E-state index in [1.54, 1.807) is 6.07 Å². The molecule has 0 spiro atoms. The molecule has 96 valence electrons. The smallest absolute Gasteiger partial charge is 0.123 e. The van der Waals surface area contributed by atoms with E-state index in [9.17, 15) is 4.39 Å². The van der Waals surface area contributed by atoms with E-state index in [0.717, 1.165) is 37.8 Å². The molecule has 3 heteroatoms. The Kier molecular flexibility index (Phi) is 6.53. The van der Waals surface area contributed by atoms with Crippen molar-refractivity contribution in [3.63, 3.8) is 0 Å². The Morgan fingerprint density at radius 2 is 2.12 bits per heavy atom. The van der Waals surface area contributed by atoms with Crippen LogP contribution in [0.4, 0.5) is 4.39 Å². The summed E-state index contributed by atoms with van der Waals surface area (Å²) in [6, 6.07) is 5.06. The Morgan fingerprint density at radius 1 is 1.35 bits per heavy atom. The predicted molar refractivity (Wildman–Crippen MR) is 72.1 cm³/mol. The molecule has 0 aromatic heterocycles. The Hall–Kier alpha value is -0.600. The van der Waals surface area contributed by atoms with Crippen molar-refractivity contribution in [2.75, 3.05) is 6.54 Å². The molecule has 1 unspecified atom stereocenters. The van der Waals surface area contributed by atoms with Gasteiger partial charge in [0.15, 0.2) is 0 Å². The predicted octanol–water partition coefficient (Wildman–Crippen LogP) is 4.19. The van der Waals surface area contributed by atoms with E-state index >= 15 is 0 Å². The number of rotatable bonds is 7. The third kappa shape index (κ3) is 5.05. The summed E-state index contributed by atoms with van der Waals surface area (Å²) in [4.78, 5) is 0. The molecule has 1 aromatic rings. The van der Waals surface area contributed by atoms with Crippen LogP contribution >= 0.6 is 11.6 Å². The summed E-state index contributed by atoms with van der Waals surface area (Å²) in [6.45, 7) is 5.36. The zero-order chi connectivity index (χ0) is 12.7. The van der Waals surface area contributed by atoms with Crippen LogP contribution in [0.5, 0.6) is 0 Å². The van der Waals surface area contributed by atoms with Crippen LogP contribution in [0.2, 0.25) is 5.02 Å². The Labute approximate surface area is 108 Å². The van der Waals surface area contributed by atoms with Crippen LogP contribution in [0.3, 0.4) is 0 Å². The molecule has 0 heterocycles. The van der Waals surface area contributed by atoms with Crippen LogP contribution in [-0.2, 0) is 6.42 Å². The van der Waals surface area contributed by atoms with Gasteiger partial charge in [-0.1, -0.05) is 25.4 Å². The molecule has 0 aliphatic carbocycles. The van der Waals surface area contributed by atoms with Gasteiger partial charge in [-0.25, -0.2) is 4.39 Å². The molecule has 1 aromatic carbocycles. The fraction of sp³-hybridized carbons (Fsp3) is 0.571. The molecule has 1 N–H and O–H groups in total.